The summed E-state index contributed by atoms with van der Waals surface area (Å²) >= 11 is 0. The molecule has 1 heteroatoms. The average Bonchev–Trinajstić information content (AvgIpc) is 2.38. The molecule has 0 amide bonds. The lowest BCUT2D eigenvalue weighted by Crippen LogP contribution is -2.57. The highest BCUT2D eigenvalue weighted by Gasteiger charge is 2.59. The van der Waals surface area contributed by atoms with E-state index in [-0.39, 0.29) is 6.10 Å². The van der Waals surface area contributed by atoms with E-state index < -0.39 is 0 Å². The second-order valence-electron chi connectivity index (χ2n) is 10.1. The Kier molecular flexibility index (Phi) is 3.27. The summed E-state index contributed by atoms with van der Waals surface area (Å²) in [6, 6.07) is 0. The topological polar surface area (TPSA) is 20.2 Å². The van der Waals surface area contributed by atoms with Gasteiger partial charge in [-0.3, -0.25) is 0 Å². The Labute approximate surface area is 130 Å². The molecule has 5 saturated carbocycles. The van der Waals surface area contributed by atoms with Gasteiger partial charge in [0, 0.05) is 0 Å². The zero-order chi connectivity index (χ0) is 14.8. The van der Waals surface area contributed by atoms with Crippen molar-refractivity contribution in [2.45, 2.75) is 84.7 Å². The molecule has 1 N–H and O–H groups in total. The summed E-state index contributed by atoms with van der Waals surface area (Å²) in [4.78, 5) is 0. The van der Waals surface area contributed by atoms with Crippen molar-refractivity contribution in [3.63, 3.8) is 0 Å². The van der Waals surface area contributed by atoms with Crippen molar-refractivity contribution < 1.29 is 5.11 Å². The van der Waals surface area contributed by atoms with E-state index in [1.54, 1.807) is 0 Å². The first-order valence-electron chi connectivity index (χ1n) is 9.57. The highest BCUT2D eigenvalue weighted by Crippen LogP contribution is 2.67. The third-order valence-corrected chi connectivity index (χ3v) is 8.11. The molecule has 0 heterocycles. The maximum atomic E-state index is 11.4. The van der Waals surface area contributed by atoms with Crippen molar-refractivity contribution in [3.05, 3.63) is 0 Å². The molecule has 4 bridgehead atoms. The predicted octanol–water partition coefficient (Wildman–Crippen LogP) is 5.03. The Hall–Kier alpha value is -0.0400. The van der Waals surface area contributed by atoms with Crippen molar-refractivity contribution in [1.29, 1.82) is 0 Å². The Bertz CT molecular complexity index is 400. The molecule has 5 rings (SSSR count). The maximum absolute atomic E-state index is 11.4. The van der Waals surface area contributed by atoms with Crippen LogP contribution in [0.4, 0.5) is 0 Å². The van der Waals surface area contributed by atoms with E-state index in [0.29, 0.717) is 16.7 Å². The van der Waals surface area contributed by atoms with E-state index in [2.05, 4.69) is 20.8 Å². The summed E-state index contributed by atoms with van der Waals surface area (Å²) < 4.78 is 0. The van der Waals surface area contributed by atoms with E-state index in [0.717, 1.165) is 23.7 Å². The molecule has 5 aliphatic rings. The van der Waals surface area contributed by atoms with Gasteiger partial charge in [0.1, 0.15) is 0 Å². The van der Waals surface area contributed by atoms with Crippen molar-refractivity contribution in [2.75, 3.05) is 0 Å². The number of hydrogen-bond acceptors (Lipinski definition) is 1. The van der Waals surface area contributed by atoms with Crippen LogP contribution in [-0.4, -0.2) is 11.2 Å². The lowest BCUT2D eigenvalue weighted by Gasteiger charge is -2.63. The van der Waals surface area contributed by atoms with E-state index in [1.165, 1.54) is 57.8 Å². The smallest absolute Gasteiger partial charge is 0.0625 e. The van der Waals surface area contributed by atoms with Gasteiger partial charge in [-0.15, -0.1) is 0 Å². The molecule has 120 valence electrons. The monoisotopic (exact) mass is 290 g/mol. The molecule has 0 aromatic heterocycles. The van der Waals surface area contributed by atoms with E-state index in [1.807, 2.05) is 0 Å². The summed E-state index contributed by atoms with van der Waals surface area (Å²) in [5.41, 5.74) is 0.877. The summed E-state index contributed by atoms with van der Waals surface area (Å²) in [6.45, 7) is 7.33. The Morgan fingerprint density at radius 1 is 0.905 bits per heavy atom. The van der Waals surface area contributed by atoms with Gasteiger partial charge in [-0.1, -0.05) is 27.2 Å². The first-order valence-corrected chi connectivity index (χ1v) is 9.57. The van der Waals surface area contributed by atoms with Gasteiger partial charge in [-0.2, -0.15) is 0 Å². The van der Waals surface area contributed by atoms with Gasteiger partial charge >= 0.3 is 0 Å². The highest BCUT2D eigenvalue weighted by atomic mass is 16.3. The molecule has 5 fully saturated rings. The van der Waals surface area contributed by atoms with Crippen LogP contribution in [0, 0.1) is 40.4 Å². The third-order valence-electron chi connectivity index (χ3n) is 8.11. The maximum Gasteiger partial charge on any atom is 0.0625 e. The zero-order valence-corrected chi connectivity index (χ0v) is 14.3. The first-order chi connectivity index (χ1) is 9.89. The fourth-order valence-electron chi connectivity index (χ4n) is 7.52. The lowest BCUT2D eigenvalue weighted by atomic mass is 9.42. The van der Waals surface area contributed by atoms with Gasteiger partial charge in [-0.05, 0) is 91.8 Å². The molecule has 0 radical (unpaired) electrons. The summed E-state index contributed by atoms with van der Waals surface area (Å²) in [7, 11) is 0. The van der Waals surface area contributed by atoms with Crippen molar-refractivity contribution in [3.8, 4) is 0 Å². The minimum absolute atomic E-state index is 0.00215. The molecule has 6 unspecified atom stereocenters. The predicted molar refractivity (Wildman–Crippen MR) is 86.9 cm³/mol. The van der Waals surface area contributed by atoms with Crippen LogP contribution < -0.4 is 0 Å². The molecular formula is C20H34O. The van der Waals surface area contributed by atoms with E-state index in [9.17, 15) is 5.11 Å². The van der Waals surface area contributed by atoms with Gasteiger partial charge in [-0.25, -0.2) is 0 Å². The molecule has 6 atom stereocenters. The van der Waals surface area contributed by atoms with Crippen LogP contribution in [0.2, 0.25) is 0 Å². The highest BCUT2D eigenvalue weighted by molar-refractivity contribution is 5.09. The standard InChI is InChI=1S/C20H34O/c1-13-4-5-17(6-14(13)2)18(21)20-10-15-7-16(11-20)9-19(3,8-15)12-20/h13-18,21H,4-12H2,1-3H3. The van der Waals surface area contributed by atoms with Crippen LogP contribution >= 0.6 is 0 Å². The summed E-state index contributed by atoms with van der Waals surface area (Å²) in [6.07, 6.45) is 12.3. The van der Waals surface area contributed by atoms with Gasteiger partial charge < -0.3 is 5.11 Å². The second-order valence-corrected chi connectivity index (χ2v) is 10.1. The Morgan fingerprint density at radius 3 is 2.14 bits per heavy atom. The zero-order valence-electron chi connectivity index (χ0n) is 14.3. The fourth-order valence-corrected chi connectivity index (χ4v) is 7.52. The van der Waals surface area contributed by atoms with Gasteiger partial charge in [0.15, 0.2) is 0 Å². The molecule has 1 nitrogen and oxygen atoms in total. The van der Waals surface area contributed by atoms with Crippen LogP contribution in [0.1, 0.15) is 78.6 Å². The van der Waals surface area contributed by atoms with E-state index in [4.69, 9.17) is 0 Å². The SMILES string of the molecule is CC1CCC(C(O)C23CC4CC(CC(C)(C4)C2)C3)CC1C. The van der Waals surface area contributed by atoms with Crippen LogP contribution in [-0.2, 0) is 0 Å². The lowest BCUT2D eigenvalue weighted by molar-refractivity contribution is -0.172. The van der Waals surface area contributed by atoms with Gasteiger partial charge in [0.2, 0.25) is 0 Å². The summed E-state index contributed by atoms with van der Waals surface area (Å²) in [5, 5.41) is 11.4. The van der Waals surface area contributed by atoms with Crippen LogP contribution in [0.15, 0.2) is 0 Å². The third kappa shape index (κ3) is 2.30. The first kappa shape index (κ1) is 14.5. The average molecular weight is 290 g/mol. The van der Waals surface area contributed by atoms with Crippen molar-refractivity contribution >= 4 is 0 Å². The van der Waals surface area contributed by atoms with Crippen LogP contribution in [0.5, 0.6) is 0 Å². The van der Waals surface area contributed by atoms with Gasteiger partial charge in [0.25, 0.3) is 0 Å². The minimum Gasteiger partial charge on any atom is -0.392 e. The molecule has 0 aliphatic heterocycles. The normalized spacial score (nSPS) is 57.4. The fraction of sp³-hybridized carbons (Fsp3) is 1.00. The molecule has 5 aliphatic carbocycles. The number of aliphatic hydroxyl groups excluding tert-OH is 1. The number of rotatable bonds is 2. The molecule has 21 heavy (non-hydrogen) atoms. The molecule has 0 aromatic rings. The summed E-state index contributed by atoms with van der Waals surface area (Å²) in [5.74, 6) is 4.14. The molecule has 0 spiro atoms. The van der Waals surface area contributed by atoms with Crippen LogP contribution in [0.25, 0.3) is 0 Å². The Balaban J connectivity index is 1.55. The molecule has 0 aromatic carbocycles. The van der Waals surface area contributed by atoms with Crippen LogP contribution in [0.3, 0.4) is 0 Å². The quantitative estimate of drug-likeness (QED) is 0.756. The van der Waals surface area contributed by atoms with Crippen molar-refractivity contribution in [1.82, 2.24) is 0 Å². The molecular weight excluding hydrogens is 256 g/mol. The largest absolute Gasteiger partial charge is 0.392 e. The Morgan fingerprint density at radius 2 is 1.57 bits per heavy atom. The second kappa shape index (κ2) is 4.73. The molecule has 0 saturated heterocycles. The van der Waals surface area contributed by atoms with Crippen molar-refractivity contribution in [2.24, 2.45) is 40.4 Å². The number of aliphatic hydroxyl groups is 1. The number of hydrogen-bond donors (Lipinski definition) is 1. The minimum atomic E-state index is -0.00215. The van der Waals surface area contributed by atoms with E-state index >= 15 is 0 Å². The van der Waals surface area contributed by atoms with Gasteiger partial charge in [0.05, 0.1) is 6.10 Å².